The fourth-order valence-corrected chi connectivity index (χ4v) is 2.68. The highest BCUT2D eigenvalue weighted by atomic mass is 35.5. The summed E-state index contributed by atoms with van der Waals surface area (Å²) < 4.78 is 0. The average molecular weight is 275 g/mol. The maximum atomic E-state index is 11.6. The van der Waals surface area contributed by atoms with Crippen LogP contribution in [-0.4, -0.2) is 53.2 Å². The van der Waals surface area contributed by atoms with Crippen LogP contribution >= 0.6 is 11.6 Å². The Morgan fingerprint density at radius 2 is 2.11 bits per heavy atom. The van der Waals surface area contributed by atoms with E-state index in [1.165, 1.54) is 0 Å². The van der Waals surface area contributed by atoms with Crippen LogP contribution in [-0.2, 0) is 9.59 Å². The molecule has 1 atom stereocenters. The lowest BCUT2D eigenvalue weighted by molar-refractivity contribution is -0.132. The fraction of sp³-hybridized carbons (Fsp3) is 0.846. The van der Waals surface area contributed by atoms with Gasteiger partial charge in [-0.2, -0.15) is 0 Å². The summed E-state index contributed by atoms with van der Waals surface area (Å²) in [6.45, 7) is 7.90. The molecule has 1 rings (SSSR count). The number of carbonyl (C=O) groups is 2. The number of halogens is 1. The van der Waals surface area contributed by atoms with E-state index in [2.05, 4.69) is 0 Å². The predicted octanol–water partition coefficient (Wildman–Crippen LogP) is 1.72. The molecule has 0 aromatic carbocycles. The van der Waals surface area contributed by atoms with E-state index >= 15 is 0 Å². The van der Waals surface area contributed by atoms with Crippen LogP contribution in [0.3, 0.4) is 0 Å². The molecule has 0 bridgehead atoms. The van der Waals surface area contributed by atoms with E-state index < -0.39 is 0 Å². The van der Waals surface area contributed by atoms with Gasteiger partial charge in [0.2, 0.25) is 11.8 Å². The van der Waals surface area contributed by atoms with Crippen molar-refractivity contribution in [2.45, 2.75) is 39.7 Å². The van der Waals surface area contributed by atoms with E-state index in [1.54, 1.807) is 6.92 Å². The smallest absolute Gasteiger partial charge is 0.237 e. The lowest BCUT2D eigenvalue weighted by Gasteiger charge is -2.36. The van der Waals surface area contributed by atoms with Gasteiger partial charge in [-0.1, -0.05) is 0 Å². The Balaban J connectivity index is 2.56. The molecule has 0 spiro atoms. The van der Waals surface area contributed by atoms with Crippen LogP contribution in [0.15, 0.2) is 0 Å². The molecular formula is C13H23ClN2O2. The Morgan fingerprint density at radius 1 is 1.44 bits per heavy atom. The summed E-state index contributed by atoms with van der Waals surface area (Å²) in [6, 6.07) is 0.210. The number of nitrogens with zero attached hydrogens (tertiary/aromatic N) is 2. The summed E-state index contributed by atoms with van der Waals surface area (Å²) in [7, 11) is 0. The summed E-state index contributed by atoms with van der Waals surface area (Å²) in [4.78, 5) is 26.8. The quantitative estimate of drug-likeness (QED) is 0.733. The molecule has 5 heteroatoms. The van der Waals surface area contributed by atoms with E-state index in [4.69, 9.17) is 11.6 Å². The molecule has 0 aromatic rings. The van der Waals surface area contributed by atoms with Crippen LogP contribution in [0.2, 0.25) is 0 Å². The molecule has 0 radical (unpaired) electrons. The first-order valence-corrected chi connectivity index (χ1v) is 7.10. The molecule has 1 aliphatic rings. The van der Waals surface area contributed by atoms with Gasteiger partial charge in [0, 0.05) is 32.6 Å². The van der Waals surface area contributed by atoms with Gasteiger partial charge in [0.1, 0.15) is 5.88 Å². The van der Waals surface area contributed by atoms with Crippen LogP contribution in [0, 0.1) is 5.92 Å². The molecule has 1 fully saturated rings. The maximum absolute atomic E-state index is 11.6. The second-order valence-electron chi connectivity index (χ2n) is 5.25. The highest BCUT2D eigenvalue weighted by Crippen LogP contribution is 2.19. The summed E-state index contributed by atoms with van der Waals surface area (Å²) in [6.07, 6.45) is 2.07. The summed E-state index contributed by atoms with van der Waals surface area (Å²) in [5, 5.41) is 0. The van der Waals surface area contributed by atoms with Crippen LogP contribution in [0.5, 0.6) is 0 Å². The van der Waals surface area contributed by atoms with Crippen LogP contribution < -0.4 is 0 Å². The van der Waals surface area contributed by atoms with Crippen molar-refractivity contribution in [2.75, 3.05) is 25.5 Å². The molecule has 1 heterocycles. The Kier molecular flexibility index (Phi) is 5.93. The summed E-state index contributed by atoms with van der Waals surface area (Å²) in [5.41, 5.74) is 0. The van der Waals surface area contributed by atoms with Crippen molar-refractivity contribution >= 4 is 23.4 Å². The Hall–Kier alpha value is -0.770. The lowest BCUT2D eigenvalue weighted by Crippen LogP contribution is -2.46. The highest BCUT2D eigenvalue weighted by Gasteiger charge is 2.26. The minimum absolute atomic E-state index is 0.000267. The van der Waals surface area contributed by atoms with Gasteiger partial charge in [-0.3, -0.25) is 9.59 Å². The fourth-order valence-electron chi connectivity index (χ4n) is 2.51. The van der Waals surface area contributed by atoms with Crippen molar-refractivity contribution in [2.24, 2.45) is 5.92 Å². The monoisotopic (exact) mass is 274 g/mol. The number of piperidine rings is 1. The first kappa shape index (κ1) is 15.3. The topological polar surface area (TPSA) is 40.6 Å². The molecule has 0 saturated carbocycles. The van der Waals surface area contributed by atoms with Gasteiger partial charge < -0.3 is 9.80 Å². The third-order valence-electron chi connectivity index (χ3n) is 3.47. The van der Waals surface area contributed by atoms with E-state index in [0.717, 1.165) is 32.5 Å². The van der Waals surface area contributed by atoms with E-state index in [9.17, 15) is 9.59 Å². The molecule has 18 heavy (non-hydrogen) atoms. The second-order valence-corrected chi connectivity index (χ2v) is 5.51. The molecular weight excluding hydrogens is 252 g/mol. The number of likely N-dealkylation sites (tertiary alicyclic amines) is 1. The molecule has 2 amide bonds. The minimum atomic E-state index is 0.000267. The van der Waals surface area contributed by atoms with Crippen molar-refractivity contribution in [3.63, 3.8) is 0 Å². The molecule has 0 unspecified atom stereocenters. The van der Waals surface area contributed by atoms with Crippen molar-refractivity contribution < 1.29 is 9.59 Å². The van der Waals surface area contributed by atoms with Gasteiger partial charge in [0.15, 0.2) is 0 Å². The van der Waals surface area contributed by atoms with E-state index in [0.29, 0.717) is 5.92 Å². The zero-order valence-corrected chi connectivity index (χ0v) is 12.2. The minimum Gasteiger partial charge on any atom is -0.341 e. The number of carbonyl (C=O) groups excluding carboxylic acids is 2. The first-order chi connectivity index (χ1) is 8.45. The molecule has 0 aromatic heterocycles. The Morgan fingerprint density at radius 3 is 2.61 bits per heavy atom. The maximum Gasteiger partial charge on any atom is 0.237 e. The zero-order chi connectivity index (χ0) is 13.7. The Bertz CT molecular complexity index is 307. The van der Waals surface area contributed by atoms with Gasteiger partial charge >= 0.3 is 0 Å². The van der Waals surface area contributed by atoms with Gasteiger partial charge in [-0.05, 0) is 32.6 Å². The van der Waals surface area contributed by atoms with Gasteiger partial charge in [0.05, 0.1) is 0 Å². The molecule has 1 aliphatic heterocycles. The highest BCUT2D eigenvalue weighted by molar-refractivity contribution is 6.27. The summed E-state index contributed by atoms with van der Waals surface area (Å²) in [5.74, 6) is 0.524. The van der Waals surface area contributed by atoms with Crippen LogP contribution in [0.25, 0.3) is 0 Å². The molecule has 0 aliphatic carbocycles. The summed E-state index contributed by atoms with van der Waals surface area (Å²) >= 11 is 5.58. The largest absolute Gasteiger partial charge is 0.341 e. The third kappa shape index (κ3) is 4.16. The van der Waals surface area contributed by atoms with Gasteiger partial charge in [0.25, 0.3) is 0 Å². The zero-order valence-electron chi connectivity index (χ0n) is 11.5. The lowest BCUT2D eigenvalue weighted by atomic mass is 9.97. The number of amides is 2. The third-order valence-corrected chi connectivity index (χ3v) is 3.70. The number of hydrogen-bond donors (Lipinski definition) is 0. The van der Waals surface area contributed by atoms with E-state index in [-0.39, 0.29) is 23.7 Å². The van der Waals surface area contributed by atoms with Crippen molar-refractivity contribution in [1.82, 2.24) is 9.80 Å². The molecule has 0 N–H and O–H groups in total. The Labute approximate surface area is 114 Å². The molecule has 4 nitrogen and oxygen atoms in total. The van der Waals surface area contributed by atoms with Crippen molar-refractivity contribution in [3.8, 4) is 0 Å². The van der Waals surface area contributed by atoms with E-state index in [1.807, 2.05) is 23.6 Å². The van der Waals surface area contributed by atoms with Gasteiger partial charge in [-0.25, -0.2) is 0 Å². The predicted molar refractivity (Wildman–Crippen MR) is 72.5 cm³/mol. The second kappa shape index (κ2) is 6.98. The van der Waals surface area contributed by atoms with Crippen LogP contribution in [0.4, 0.5) is 0 Å². The SMILES string of the molecule is CC(=O)N(C[C@@H]1CCCN(C(=O)CCl)C1)C(C)C. The standard InChI is InChI=1S/C13H23ClN2O2/c1-10(2)16(11(3)17)9-12-5-4-6-15(8-12)13(18)7-14/h10,12H,4-9H2,1-3H3/t12-/m1/s1. The number of alkyl halides is 1. The molecule has 1 saturated heterocycles. The molecule has 104 valence electrons. The van der Waals surface area contributed by atoms with Crippen molar-refractivity contribution in [1.29, 1.82) is 0 Å². The normalized spacial score (nSPS) is 20.1. The van der Waals surface area contributed by atoms with Gasteiger partial charge in [-0.15, -0.1) is 11.6 Å². The number of rotatable bonds is 4. The first-order valence-electron chi connectivity index (χ1n) is 6.56. The number of hydrogen-bond acceptors (Lipinski definition) is 2. The van der Waals surface area contributed by atoms with Crippen molar-refractivity contribution in [3.05, 3.63) is 0 Å². The van der Waals surface area contributed by atoms with Crippen LogP contribution in [0.1, 0.15) is 33.6 Å². The average Bonchev–Trinajstić information content (AvgIpc) is 2.34.